The van der Waals surface area contributed by atoms with E-state index in [9.17, 15) is 9.18 Å². The molecule has 1 aromatic carbocycles. The highest BCUT2D eigenvalue weighted by molar-refractivity contribution is 9.10. The van der Waals surface area contributed by atoms with Crippen LogP contribution in [0.15, 0.2) is 27.8 Å². The first-order valence-electron chi connectivity index (χ1n) is 5.18. The van der Waals surface area contributed by atoms with E-state index in [2.05, 4.69) is 26.0 Å². The van der Waals surface area contributed by atoms with E-state index >= 15 is 0 Å². The molecule has 0 atom stereocenters. The topological polar surface area (TPSA) is 68.0 Å². The number of hydrogen-bond acceptors (Lipinski definition) is 4. The number of aryl methyl sites for hydroxylation is 1. The summed E-state index contributed by atoms with van der Waals surface area (Å²) in [5.74, 6) is -1.06. The fourth-order valence-electron chi connectivity index (χ4n) is 1.38. The first-order chi connectivity index (χ1) is 8.97. The van der Waals surface area contributed by atoms with Crippen LogP contribution in [0.1, 0.15) is 0 Å². The Balaban J connectivity index is 2.28. The van der Waals surface area contributed by atoms with E-state index in [0.29, 0.717) is 21.0 Å². The lowest BCUT2D eigenvalue weighted by molar-refractivity contribution is -0.133. The van der Waals surface area contributed by atoms with Crippen LogP contribution in [0.3, 0.4) is 0 Å². The van der Waals surface area contributed by atoms with Gasteiger partial charge in [0.15, 0.2) is 11.0 Å². The van der Waals surface area contributed by atoms with Gasteiger partial charge in [-0.05, 0) is 34.1 Å². The van der Waals surface area contributed by atoms with E-state index in [1.54, 1.807) is 19.2 Å². The molecule has 0 saturated carbocycles. The number of nitrogens with zero attached hydrogens (tertiary/aromatic N) is 3. The van der Waals surface area contributed by atoms with Gasteiger partial charge in [-0.25, -0.2) is 14.1 Å². The normalized spacial score (nSPS) is 10.7. The van der Waals surface area contributed by atoms with E-state index < -0.39 is 11.8 Å². The summed E-state index contributed by atoms with van der Waals surface area (Å²) < 4.78 is 15.3. The van der Waals surface area contributed by atoms with Crippen LogP contribution in [0.2, 0.25) is 0 Å². The van der Waals surface area contributed by atoms with Gasteiger partial charge in [-0.3, -0.25) is 4.79 Å². The van der Waals surface area contributed by atoms with Crippen LogP contribution >= 0.6 is 27.7 Å². The average molecular weight is 346 g/mol. The number of hydrogen-bond donors (Lipinski definition) is 1. The number of carboxylic acids is 1. The van der Waals surface area contributed by atoms with Crippen LogP contribution in [0.25, 0.3) is 11.4 Å². The zero-order valence-electron chi connectivity index (χ0n) is 9.80. The first-order valence-corrected chi connectivity index (χ1v) is 6.96. The summed E-state index contributed by atoms with van der Waals surface area (Å²) in [4.78, 5) is 14.7. The average Bonchev–Trinajstić information content (AvgIpc) is 2.71. The third-order valence-corrected chi connectivity index (χ3v) is 3.87. The number of aliphatic carboxylic acids is 1. The van der Waals surface area contributed by atoms with Crippen molar-refractivity contribution < 1.29 is 14.3 Å². The molecule has 0 aliphatic heterocycles. The number of thioether (sulfide) groups is 1. The Labute approximate surface area is 121 Å². The van der Waals surface area contributed by atoms with Crippen LogP contribution < -0.4 is 0 Å². The summed E-state index contributed by atoms with van der Waals surface area (Å²) in [7, 11) is 1.66. The Morgan fingerprint density at radius 2 is 2.32 bits per heavy atom. The van der Waals surface area contributed by atoms with Crippen molar-refractivity contribution in [3.8, 4) is 11.4 Å². The molecule has 0 aliphatic rings. The molecule has 2 aromatic rings. The van der Waals surface area contributed by atoms with Crippen molar-refractivity contribution in [1.82, 2.24) is 14.8 Å². The molecular weight excluding hydrogens is 337 g/mol. The molecule has 0 unspecified atom stereocenters. The van der Waals surface area contributed by atoms with Crippen LogP contribution in [-0.4, -0.2) is 31.6 Å². The Morgan fingerprint density at radius 3 is 2.95 bits per heavy atom. The third-order valence-electron chi connectivity index (χ3n) is 2.23. The van der Waals surface area contributed by atoms with E-state index in [1.807, 2.05) is 0 Å². The quantitative estimate of drug-likeness (QED) is 0.862. The van der Waals surface area contributed by atoms with Crippen molar-refractivity contribution in [1.29, 1.82) is 0 Å². The predicted octanol–water partition coefficient (Wildman–Crippen LogP) is 2.56. The maximum atomic E-state index is 13.4. The number of benzene rings is 1. The standard InChI is InChI=1S/C11H9BrFN3O2S/c1-16-11(19-5-9(17)18)14-10(15-16)6-2-3-7(12)8(13)4-6/h2-4H,5H2,1H3,(H,17,18). The minimum absolute atomic E-state index is 0.0966. The van der Waals surface area contributed by atoms with Gasteiger partial charge in [-0.2, -0.15) is 5.10 Å². The first kappa shape index (κ1) is 14.0. The maximum absolute atomic E-state index is 13.4. The summed E-state index contributed by atoms with van der Waals surface area (Å²) in [6.45, 7) is 0. The molecule has 19 heavy (non-hydrogen) atoms. The van der Waals surface area contributed by atoms with Crippen LogP contribution in [-0.2, 0) is 11.8 Å². The largest absolute Gasteiger partial charge is 0.481 e. The van der Waals surface area contributed by atoms with Crippen LogP contribution in [0.5, 0.6) is 0 Å². The summed E-state index contributed by atoms with van der Waals surface area (Å²) in [5.41, 5.74) is 0.540. The predicted molar refractivity (Wildman–Crippen MR) is 72.5 cm³/mol. The van der Waals surface area contributed by atoms with Gasteiger partial charge < -0.3 is 5.11 Å². The zero-order valence-corrected chi connectivity index (χ0v) is 12.2. The van der Waals surface area contributed by atoms with Gasteiger partial charge in [0, 0.05) is 12.6 Å². The molecule has 100 valence electrons. The molecule has 0 amide bonds. The molecule has 0 spiro atoms. The molecule has 2 rings (SSSR count). The molecular formula is C11H9BrFN3O2S. The monoisotopic (exact) mass is 345 g/mol. The molecule has 0 radical (unpaired) electrons. The molecule has 0 fully saturated rings. The van der Waals surface area contributed by atoms with Gasteiger partial charge in [0.2, 0.25) is 0 Å². The Bertz CT molecular complexity index is 632. The van der Waals surface area contributed by atoms with E-state index in [4.69, 9.17) is 5.11 Å². The van der Waals surface area contributed by atoms with E-state index in [-0.39, 0.29) is 5.75 Å². The number of carboxylic acid groups (broad SMARTS) is 1. The summed E-state index contributed by atoms with van der Waals surface area (Å²) >= 11 is 4.14. The zero-order chi connectivity index (χ0) is 14.0. The van der Waals surface area contributed by atoms with Crippen molar-refractivity contribution in [2.75, 3.05) is 5.75 Å². The molecule has 1 heterocycles. The molecule has 5 nitrogen and oxygen atoms in total. The molecule has 0 saturated heterocycles. The van der Waals surface area contributed by atoms with Crippen LogP contribution in [0.4, 0.5) is 4.39 Å². The maximum Gasteiger partial charge on any atom is 0.313 e. The molecule has 0 bridgehead atoms. The molecule has 0 aliphatic carbocycles. The van der Waals surface area contributed by atoms with Crippen molar-refractivity contribution in [2.45, 2.75) is 5.16 Å². The molecule has 1 N–H and O–H groups in total. The van der Waals surface area contributed by atoms with Crippen molar-refractivity contribution in [2.24, 2.45) is 7.05 Å². The second-order valence-corrected chi connectivity index (χ2v) is 5.45. The fourth-order valence-corrected chi connectivity index (χ4v) is 2.26. The number of halogens is 2. The highest BCUT2D eigenvalue weighted by Gasteiger charge is 2.12. The Morgan fingerprint density at radius 1 is 1.58 bits per heavy atom. The summed E-state index contributed by atoms with van der Waals surface area (Å²) in [6, 6.07) is 4.59. The minimum Gasteiger partial charge on any atom is -0.481 e. The fraction of sp³-hybridized carbons (Fsp3) is 0.182. The van der Waals surface area contributed by atoms with Crippen LogP contribution in [0, 0.1) is 5.82 Å². The lowest BCUT2D eigenvalue weighted by atomic mass is 10.2. The number of rotatable bonds is 4. The second-order valence-electron chi connectivity index (χ2n) is 3.65. The summed E-state index contributed by atoms with van der Waals surface area (Å²) in [5, 5.41) is 13.2. The summed E-state index contributed by atoms with van der Waals surface area (Å²) in [6.07, 6.45) is 0. The number of carbonyl (C=O) groups is 1. The third kappa shape index (κ3) is 3.32. The Kier molecular flexibility index (Phi) is 4.20. The van der Waals surface area contributed by atoms with Crippen molar-refractivity contribution in [3.05, 3.63) is 28.5 Å². The van der Waals surface area contributed by atoms with Gasteiger partial charge in [0.05, 0.1) is 10.2 Å². The van der Waals surface area contributed by atoms with Crippen molar-refractivity contribution in [3.63, 3.8) is 0 Å². The van der Waals surface area contributed by atoms with Gasteiger partial charge in [-0.15, -0.1) is 0 Å². The lowest BCUT2D eigenvalue weighted by Crippen LogP contribution is -2.00. The minimum atomic E-state index is -0.927. The molecule has 8 heteroatoms. The van der Waals surface area contributed by atoms with Gasteiger partial charge >= 0.3 is 5.97 Å². The van der Waals surface area contributed by atoms with E-state index in [1.165, 1.54) is 10.7 Å². The highest BCUT2D eigenvalue weighted by atomic mass is 79.9. The second kappa shape index (κ2) is 5.70. The smallest absolute Gasteiger partial charge is 0.313 e. The number of aromatic nitrogens is 3. The van der Waals surface area contributed by atoms with Gasteiger partial charge in [0.25, 0.3) is 0 Å². The van der Waals surface area contributed by atoms with Gasteiger partial charge in [-0.1, -0.05) is 11.8 Å². The molecule has 1 aromatic heterocycles. The lowest BCUT2D eigenvalue weighted by Gasteiger charge is -1.97. The van der Waals surface area contributed by atoms with Crippen molar-refractivity contribution >= 4 is 33.7 Å². The van der Waals surface area contributed by atoms with Gasteiger partial charge in [0.1, 0.15) is 5.82 Å². The Hall–Kier alpha value is -1.41. The SMILES string of the molecule is Cn1nc(-c2ccc(Br)c(F)c2)nc1SCC(=O)O. The van der Waals surface area contributed by atoms with E-state index in [0.717, 1.165) is 11.8 Å². The highest BCUT2D eigenvalue weighted by Crippen LogP contribution is 2.24.